The summed E-state index contributed by atoms with van der Waals surface area (Å²) in [7, 11) is 1.57. The number of aromatic nitrogens is 4. The molecule has 2 N–H and O–H groups in total. The fourth-order valence-electron chi connectivity index (χ4n) is 1.91. The quantitative estimate of drug-likeness (QED) is 0.866. The maximum atomic E-state index is 12.1. The zero-order valence-corrected chi connectivity index (χ0v) is 12.7. The summed E-state index contributed by atoms with van der Waals surface area (Å²) in [6.45, 7) is 7.37. The Balaban J connectivity index is 2.63. The number of hydrogen-bond donors (Lipinski definition) is 2. The van der Waals surface area contributed by atoms with Crippen LogP contribution in [0, 0.1) is 0 Å². The van der Waals surface area contributed by atoms with E-state index in [0.29, 0.717) is 11.0 Å². The molecule has 1 atom stereocenters. The van der Waals surface area contributed by atoms with Crippen LogP contribution in [0.2, 0.25) is 0 Å². The number of carbonyl (C=O) groups is 1. The molecule has 2 aromatic heterocycles. The lowest BCUT2D eigenvalue weighted by molar-refractivity contribution is -0.138. The van der Waals surface area contributed by atoms with E-state index >= 15 is 0 Å². The van der Waals surface area contributed by atoms with Crippen molar-refractivity contribution in [1.29, 1.82) is 0 Å². The lowest BCUT2D eigenvalue weighted by atomic mass is 10.1. The highest BCUT2D eigenvalue weighted by Crippen LogP contribution is 2.19. The lowest BCUT2D eigenvalue weighted by Gasteiger charge is -2.23. The molecule has 0 aromatic carbocycles. The molecule has 0 radical (unpaired) electrons. The summed E-state index contributed by atoms with van der Waals surface area (Å²) in [5, 5.41) is 13.6. The molecule has 0 saturated heterocycles. The van der Waals surface area contributed by atoms with E-state index in [9.17, 15) is 9.59 Å². The van der Waals surface area contributed by atoms with Gasteiger partial charge < -0.3 is 10.0 Å². The first-order valence-electron chi connectivity index (χ1n) is 6.57. The minimum Gasteiger partial charge on any atom is -0.480 e. The number of nitrogens with one attached hydrogen (secondary N) is 1. The van der Waals surface area contributed by atoms with Gasteiger partial charge in [-0.25, -0.2) is 9.48 Å². The van der Waals surface area contributed by atoms with Gasteiger partial charge in [0.05, 0.1) is 11.7 Å². The largest absolute Gasteiger partial charge is 0.480 e. The van der Waals surface area contributed by atoms with Crippen LogP contribution in [0.5, 0.6) is 0 Å². The molecule has 0 saturated carbocycles. The van der Waals surface area contributed by atoms with E-state index in [4.69, 9.17) is 5.11 Å². The third-order valence-electron chi connectivity index (χ3n) is 3.33. The van der Waals surface area contributed by atoms with Crippen LogP contribution in [0.1, 0.15) is 27.7 Å². The summed E-state index contributed by atoms with van der Waals surface area (Å²) in [6, 6.07) is -0.809. The maximum Gasteiger partial charge on any atom is 0.326 e. The van der Waals surface area contributed by atoms with Crippen molar-refractivity contribution in [2.45, 2.75) is 39.3 Å². The number of rotatable bonds is 3. The number of likely N-dealkylation sites (N-methyl/N-ethyl adjacent to an activating group) is 1. The van der Waals surface area contributed by atoms with E-state index in [2.05, 4.69) is 15.1 Å². The van der Waals surface area contributed by atoms with Gasteiger partial charge in [-0.2, -0.15) is 10.1 Å². The van der Waals surface area contributed by atoms with Crippen LogP contribution in [-0.4, -0.2) is 43.9 Å². The number of nitrogens with zero attached hydrogens (tertiary/aromatic N) is 4. The van der Waals surface area contributed by atoms with Crippen LogP contribution < -0.4 is 10.5 Å². The fraction of sp³-hybridized carbons (Fsp3) is 0.538. The Labute approximate surface area is 121 Å². The lowest BCUT2D eigenvalue weighted by Crippen LogP contribution is -2.38. The van der Waals surface area contributed by atoms with Gasteiger partial charge in [-0.3, -0.25) is 9.78 Å². The molecular weight excluding hydrogens is 274 g/mol. The van der Waals surface area contributed by atoms with E-state index in [-0.39, 0.29) is 17.0 Å². The standard InChI is InChI=1S/C13H19N5O3/c1-7(11(20)21)17(5)12-15-9-8(10(19)16-12)6-14-18(9)13(2,3)4/h6-7H,1-5H3,(H,20,21)(H,15,16,19). The number of carboxylic acid groups (broad SMARTS) is 1. The van der Waals surface area contributed by atoms with Crippen molar-refractivity contribution in [3.8, 4) is 0 Å². The number of fused-ring (bicyclic) bond motifs is 1. The van der Waals surface area contributed by atoms with Crippen LogP contribution in [0.15, 0.2) is 11.0 Å². The van der Waals surface area contributed by atoms with E-state index in [0.717, 1.165) is 0 Å². The number of anilines is 1. The second kappa shape index (κ2) is 4.87. The summed E-state index contributed by atoms with van der Waals surface area (Å²) in [4.78, 5) is 31.5. The van der Waals surface area contributed by atoms with Gasteiger partial charge in [-0.1, -0.05) is 0 Å². The molecule has 0 bridgehead atoms. The van der Waals surface area contributed by atoms with Gasteiger partial charge >= 0.3 is 5.97 Å². The summed E-state index contributed by atoms with van der Waals surface area (Å²) in [5.74, 6) is -0.794. The van der Waals surface area contributed by atoms with Crippen molar-refractivity contribution >= 4 is 23.0 Å². The molecule has 2 heterocycles. The highest BCUT2D eigenvalue weighted by Gasteiger charge is 2.23. The zero-order valence-electron chi connectivity index (χ0n) is 12.7. The first-order valence-corrected chi connectivity index (χ1v) is 6.57. The van der Waals surface area contributed by atoms with Crippen molar-refractivity contribution in [2.75, 3.05) is 11.9 Å². The number of aromatic amines is 1. The zero-order chi connectivity index (χ0) is 15.9. The molecule has 0 aliphatic heterocycles. The van der Waals surface area contributed by atoms with Gasteiger partial charge in [-0.15, -0.1) is 0 Å². The average molecular weight is 293 g/mol. The van der Waals surface area contributed by atoms with Gasteiger partial charge in [0.25, 0.3) is 5.56 Å². The number of aliphatic carboxylic acids is 1. The Morgan fingerprint density at radius 1 is 1.48 bits per heavy atom. The van der Waals surface area contributed by atoms with Gasteiger partial charge in [0.1, 0.15) is 11.4 Å². The fourth-order valence-corrected chi connectivity index (χ4v) is 1.91. The maximum absolute atomic E-state index is 12.1. The van der Waals surface area contributed by atoms with Crippen molar-refractivity contribution in [3.63, 3.8) is 0 Å². The van der Waals surface area contributed by atoms with Crippen molar-refractivity contribution in [1.82, 2.24) is 19.7 Å². The SMILES string of the molecule is CC(C(=O)O)N(C)c1nc2c(cnn2C(C)(C)C)c(=O)[nH]1. The molecule has 0 amide bonds. The van der Waals surface area contributed by atoms with Crippen molar-refractivity contribution in [3.05, 3.63) is 16.6 Å². The third kappa shape index (κ3) is 2.61. The van der Waals surface area contributed by atoms with Gasteiger partial charge in [-0.05, 0) is 27.7 Å². The number of H-pyrrole nitrogens is 1. The Hall–Kier alpha value is -2.38. The summed E-state index contributed by atoms with van der Waals surface area (Å²) in [5.41, 5.74) is -0.239. The molecule has 8 nitrogen and oxygen atoms in total. The highest BCUT2D eigenvalue weighted by atomic mass is 16.4. The Bertz CT molecular complexity index is 740. The summed E-state index contributed by atoms with van der Waals surface area (Å²) in [6.07, 6.45) is 1.47. The van der Waals surface area contributed by atoms with E-state index in [1.54, 1.807) is 11.7 Å². The topological polar surface area (TPSA) is 104 Å². The van der Waals surface area contributed by atoms with Crippen LogP contribution in [0.4, 0.5) is 5.95 Å². The average Bonchev–Trinajstić information content (AvgIpc) is 2.80. The number of hydrogen-bond acceptors (Lipinski definition) is 5. The molecule has 0 spiro atoms. The minimum atomic E-state index is -0.996. The van der Waals surface area contributed by atoms with Gasteiger partial charge in [0.2, 0.25) is 5.95 Å². The summed E-state index contributed by atoms with van der Waals surface area (Å²) >= 11 is 0. The first kappa shape index (κ1) is 15.0. The molecule has 21 heavy (non-hydrogen) atoms. The molecule has 1 unspecified atom stereocenters. The van der Waals surface area contributed by atoms with Crippen molar-refractivity contribution in [2.24, 2.45) is 0 Å². The molecule has 114 valence electrons. The van der Waals surface area contributed by atoms with E-state index in [1.807, 2.05) is 20.8 Å². The predicted octanol–water partition coefficient (Wildman–Crippen LogP) is 0.784. The minimum absolute atomic E-state index is 0.202. The first-order chi connectivity index (χ1) is 9.62. The predicted molar refractivity (Wildman–Crippen MR) is 78.6 cm³/mol. The molecule has 8 heteroatoms. The smallest absolute Gasteiger partial charge is 0.326 e. The molecule has 2 aromatic rings. The Morgan fingerprint density at radius 2 is 2.10 bits per heavy atom. The van der Waals surface area contributed by atoms with Crippen LogP contribution >= 0.6 is 0 Å². The van der Waals surface area contributed by atoms with E-state index in [1.165, 1.54) is 18.0 Å². The molecule has 0 fully saturated rings. The van der Waals surface area contributed by atoms with Crippen LogP contribution in [0.25, 0.3) is 11.0 Å². The second-order valence-electron chi connectivity index (χ2n) is 5.98. The summed E-state index contributed by atoms with van der Waals surface area (Å²) < 4.78 is 1.65. The molecule has 2 rings (SSSR count). The van der Waals surface area contributed by atoms with Gasteiger partial charge in [0.15, 0.2) is 5.65 Å². The number of carboxylic acids is 1. The highest BCUT2D eigenvalue weighted by molar-refractivity contribution is 5.78. The van der Waals surface area contributed by atoms with Crippen molar-refractivity contribution < 1.29 is 9.90 Å². The normalized spacial score (nSPS) is 13.4. The van der Waals surface area contributed by atoms with Crippen LogP contribution in [-0.2, 0) is 10.3 Å². The molecule has 0 aliphatic carbocycles. The van der Waals surface area contributed by atoms with Gasteiger partial charge in [0, 0.05) is 7.05 Å². The molecular formula is C13H19N5O3. The monoisotopic (exact) mass is 293 g/mol. The second-order valence-corrected chi connectivity index (χ2v) is 5.98. The third-order valence-corrected chi connectivity index (χ3v) is 3.33. The molecule has 0 aliphatic rings. The van der Waals surface area contributed by atoms with Crippen LogP contribution in [0.3, 0.4) is 0 Å². The Kier molecular flexibility index (Phi) is 3.48. The van der Waals surface area contributed by atoms with E-state index < -0.39 is 12.0 Å². The Morgan fingerprint density at radius 3 is 2.62 bits per heavy atom.